The first-order valence-corrected chi connectivity index (χ1v) is 13.1. The van der Waals surface area contributed by atoms with Crippen LogP contribution in [0.1, 0.15) is 20.8 Å². The van der Waals surface area contributed by atoms with Crippen molar-refractivity contribution >= 4 is 46.2 Å². The molecule has 1 aliphatic heterocycles. The number of anilines is 1. The normalized spacial score (nSPS) is 14.1. The van der Waals surface area contributed by atoms with Crippen LogP contribution in [0.2, 0.25) is 0 Å². The molecule has 4 aromatic rings. The number of rotatable bonds is 5. The van der Waals surface area contributed by atoms with Gasteiger partial charge in [-0.05, 0) is 49.7 Å². The summed E-state index contributed by atoms with van der Waals surface area (Å²) in [6.45, 7) is 7.82. The van der Waals surface area contributed by atoms with E-state index in [0.717, 1.165) is 33.2 Å². The number of piperazine rings is 1. The van der Waals surface area contributed by atoms with Crippen molar-refractivity contribution in [3.63, 3.8) is 0 Å². The summed E-state index contributed by atoms with van der Waals surface area (Å²) in [5.41, 5.74) is 1.89. The van der Waals surface area contributed by atoms with Gasteiger partial charge in [0.15, 0.2) is 0 Å². The first kappa shape index (κ1) is 25.8. The lowest BCUT2D eigenvalue weighted by Crippen LogP contribution is -2.50. The number of hydrogen-bond donors (Lipinski definition) is 1. The summed E-state index contributed by atoms with van der Waals surface area (Å²) in [6, 6.07) is 14.3. The maximum atomic E-state index is 12.5. The number of carbonyl (C=O) groups excluding carboxylic acids is 1. The van der Waals surface area contributed by atoms with Gasteiger partial charge in [0.2, 0.25) is 0 Å². The molecular weight excluding hydrogens is 502 g/mol. The molecule has 0 aliphatic carbocycles. The summed E-state index contributed by atoms with van der Waals surface area (Å²) in [7, 11) is 1.66. The van der Waals surface area contributed by atoms with Crippen LogP contribution in [0, 0.1) is 0 Å². The predicted octanol–water partition coefficient (Wildman–Crippen LogP) is 5.18. The lowest BCUT2D eigenvalue weighted by Gasteiger charge is -2.36. The minimum absolute atomic E-state index is 0.149. The van der Waals surface area contributed by atoms with Crippen LogP contribution in [0.4, 0.5) is 10.6 Å². The number of pyridine rings is 1. The molecule has 198 valence electrons. The number of nitrogens with zero attached hydrogens (tertiary/aromatic N) is 5. The first-order valence-electron chi connectivity index (χ1n) is 12.5. The van der Waals surface area contributed by atoms with Crippen LogP contribution in [0.25, 0.3) is 32.9 Å². The van der Waals surface area contributed by atoms with Gasteiger partial charge in [0.25, 0.3) is 0 Å². The fourth-order valence-corrected chi connectivity index (χ4v) is 4.65. The Morgan fingerprint density at radius 1 is 1.03 bits per heavy atom. The molecule has 0 unspecified atom stereocenters. The third kappa shape index (κ3) is 5.40. The zero-order valence-corrected chi connectivity index (χ0v) is 22.9. The third-order valence-corrected chi connectivity index (χ3v) is 6.44. The van der Waals surface area contributed by atoms with Crippen LogP contribution >= 0.6 is 12.6 Å². The highest BCUT2D eigenvalue weighted by molar-refractivity contribution is 7.80. The molecule has 1 amide bonds. The molecule has 0 N–H and O–H groups in total. The predicted molar refractivity (Wildman–Crippen MR) is 151 cm³/mol. The lowest BCUT2D eigenvalue weighted by atomic mass is 10.0. The number of thiol groups is 1. The minimum atomic E-state index is -0.534. The van der Waals surface area contributed by atoms with Crippen molar-refractivity contribution in [1.82, 2.24) is 19.9 Å². The second-order valence-electron chi connectivity index (χ2n) is 10.0. The zero-order chi connectivity index (χ0) is 26.9. The fraction of sp³-hybridized carbons (Fsp3) is 0.357. The SMILES string of the molecule is COc1cc(-c2cc3nc(OCS)nc(N4CCN(C(=O)OC(C)(C)C)CC4)c3cn2)c2ccccc2c1. The highest BCUT2D eigenvalue weighted by Crippen LogP contribution is 2.35. The molecule has 0 saturated carbocycles. The number of ether oxygens (including phenoxy) is 3. The number of carbonyl (C=O) groups is 1. The Morgan fingerprint density at radius 2 is 1.79 bits per heavy atom. The van der Waals surface area contributed by atoms with Gasteiger partial charge in [-0.1, -0.05) is 24.3 Å². The average molecular weight is 534 g/mol. The Labute approximate surface area is 227 Å². The summed E-state index contributed by atoms with van der Waals surface area (Å²) < 4.78 is 16.7. The third-order valence-electron chi connectivity index (χ3n) is 6.31. The van der Waals surface area contributed by atoms with Gasteiger partial charge in [0.05, 0.1) is 23.7 Å². The fourth-order valence-electron chi connectivity index (χ4n) is 4.54. The van der Waals surface area contributed by atoms with Gasteiger partial charge in [-0.15, -0.1) is 12.6 Å². The molecule has 1 fully saturated rings. The Bertz CT molecular complexity index is 1480. The van der Waals surface area contributed by atoms with Gasteiger partial charge in [-0.25, -0.2) is 4.79 Å². The van der Waals surface area contributed by atoms with Crippen LogP contribution in [0.5, 0.6) is 11.8 Å². The van der Waals surface area contributed by atoms with Crippen LogP contribution in [0.15, 0.2) is 48.7 Å². The van der Waals surface area contributed by atoms with Crippen LogP contribution in [-0.2, 0) is 4.74 Å². The molecule has 0 bridgehead atoms. The Kier molecular flexibility index (Phi) is 7.16. The molecule has 0 spiro atoms. The summed E-state index contributed by atoms with van der Waals surface area (Å²) >= 11 is 4.20. The molecule has 3 heterocycles. The molecule has 10 heteroatoms. The van der Waals surface area contributed by atoms with Crippen molar-refractivity contribution in [1.29, 1.82) is 0 Å². The average Bonchev–Trinajstić information content (AvgIpc) is 2.91. The highest BCUT2D eigenvalue weighted by atomic mass is 32.1. The molecule has 0 radical (unpaired) electrons. The van der Waals surface area contributed by atoms with Crippen LogP contribution in [0.3, 0.4) is 0 Å². The lowest BCUT2D eigenvalue weighted by molar-refractivity contribution is 0.0240. The van der Waals surface area contributed by atoms with E-state index in [0.29, 0.717) is 37.5 Å². The standard InChI is InChI=1S/C28H31N5O4S/c1-28(2,3)37-27(34)33-11-9-32(10-12-33)25-22-16-29-23(15-24(22)30-26(31-25)36-17-38)21-14-19(35-4)13-18-7-5-6-8-20(18)21/h5-8,13-16,38H,9-12,17H2,1-4H3. The smallest absolute Gasteiger partial charge is 0.410 e. The van der Waals surface area contributed by atoms with Gasteiger partial charge in [-0.3, -0.25) is 4.98 Å². The Morgan fingerprint density at radius 3 is 2.50 bits per heavy atom. The Hall–Kier alpha value is -3.79. The maximum absolute atomic E-state index is 12.5. The van der Waals surface area contributed by atoms with Crippen molar-refractivity contribution in [2.24, 2.45) is 0 Å². The molecule has 2 aromatic carbocycles. The van der Waals surface area contributed by atoms with Crippen molar-refractivity contribution in [2.75, 3.05) is 44.1 Å². The van der Waals surface area contributed by atoms with Gasteiger partial charge in [-0.2, -0.15) is 9.97 Å². The highest BCUT2D eigenvalue weighted by Gasteiger charge is 2.27. The van der Waals surface area contributed by atoms with Crippen LogP contribution < -0.4 is 14.4 Å². The first-order chi connectivity index (χ1) is 18.3. The van der Waals surface area contributed by atoms with E-state index < -0.39 is 5.60 Å². The maximum Gasteiger partial charge on any atom is 0.410 e. The van der Waals surface area contributed by atoms with E-state index in [9.17, 15) is 4.79 Å². The minimum Gasteiger partial charge on any atom is -0.497 e. The van der Waals surface area contributed by atoms with E-state index in [2.05, 4.69) is 39.6 Å². The van der Waals surface area contributed by atoms with Gasteiger partial charge >= 0.3 is 12.1 Å². The number of hydrogen-bond acceptors (Lipinski definition) is 9. The monoisotopic (exact) mass is 533 g/mol. The number of fused-ring (bicyclic) bond motifs is 2. The van der Waals surface area contributed by atoms with E-state index in [4.69, 9.17) is 19.2 Å². The summed E-state index contributed by atoms with van der Waals surface area (Å²) in [4.78, 5) is 30.5. The molecule has 5 rings (SSSR count). The second-order valence-corrected chi connectivity index (χ2v) is 10.3. The van der Waals surface area contributed by atoms with E-state index in [1.54, 1.807) is 18.2 Å². The summed E-state index contributed by atoms with van der Waals surface area (Å²) in [6.07, 6.45) is 1.50. The number of methoxy groups -OCH3 is 1. The molecule has 0 atom stereocenters. The van der Waals surface area contributed by atoms with Crippen molar-refractivity contribution < 1.29 is 19.0 Å². The van der Waals surface area contributed by atoms with E-state index in [1.807, 2.05) is 51.1 Å². The van der Waals surface area contributed by atoms with E-state index >= 15 is 0 Å². The van der Waals surface area contributed by atoms with Gasteiger partial charge < -0.3 is 24.0 Å². The van der Waals surface area contributed by atoms with E-state index in [-0.39, 0.29) is 18.0 Å². The molecular formula is C28H31N5O4S. The Balaban J connectivity index is 1.51. The molecule has 2 aromatic heterocycles. The zero-order valence-electron chi connectivity index (χ0n) is 22.0. The summed E-state index contributed by atoms with van der Waals surface area (Å²) in [5, 5.41) is 2.94. The topological polar surface area (TPSA) is 89.9 Å². The quantitative estimate of drug-likeness (QED) is 0.277. The largest absolute Gasteiger partial charge is 0.497 e. The summed E-state index contributed by atoms with van der Waals surface area (Å²) in [5.74, 6) is 1.62. The van der Waals surface area contributed by atoms with Gasteiger partial charge in [0.1, 0.15) is 23.1 Å². The second kappa shape index (κ2) is 10.5. The molecule has 1 saturated heterocycles. The number of benzene rings is 2. The van der Waals surface area contributed by atoms with Crippen molar-refractivity contribution in [2.45, 2.75) is 26.4 Å². The van der Waals surface area contributed by atoms with E-state index in [1.165, 1.54) is 0 Å². The molecule has 9 nitrogen and oxygen atoms in total. The number of amides is 1. The van der Waals surface area contributed by atoms with Gasteiger partial charge in [0, 0.05) is 37.9 Å². The van der Waals surface area contributed by atoms with Crippen molar-refractivity contribution in [3.8, 4) is 23.0 Å². The number of aromatic nitrogens is 3. The van der Waals surface area contributed by atoms with Crippen LogP contribution in [-0.4, -0.2) is 70.8 Å². The molecule has 1 aliphatic rings. The van der Waals surface area contributed by atoms with Crippen molar-refractivity contribution in [3.05, 3.63) is 48.7 Å². The molecule has 38 heavy (non-hydrogen) atoms.